The lowest BCUT2D eigenvalue weighted by atomic mass is 10.2. The molecular formula is C11H9BrN4O3S. The van der Waals surface area contributed by atoms with Crippen molar-refractivity contribution in [3.8, 4) is 0 Å². The molecule has 7 nitrogen and oxygen atoms in total. The second-order valence-corrected chi connectivity index (χ2v) is 6.71. The summed E-state index contributed by atoms with van der Waals surface area (Å²) in [5.74, 6) is -0.0213. The molecule has 0 aliphatic carbocycles. The van der Waals surface area contributed by atoms with Gasteiger partial charge in [-0.1, -0.05) is 0 Å². The van der Waals surface area contributed by atoms with Gasteiger partial charge in [0.15, 0.2) is 0 Å². The first-order valence-corrected chi connectivity index (χ1v) is 7.88. The van der Waals surface area contributed by atoms with E-state index in [0.717, 1.165) is 0 Å². The van der Waals surface area contributed by atoms with Gasteiger partial charge in [0.25, 0.3) is 10.0 Å². The maximum Gasteiger partial charge on any atom is 0.265 e. The van der Waals surface area contributed by atoms with Crippen molar-refractivity contribution in [1.82, 2.24) is 9.97 Å². The Morgan fingerprint density at radius 1 is 1.35 bits per heavy atom. The van der Waals surface area contributed by atoms with Crippen molar-refractivity contribution in [3.63, 3.8) is 0 Å². The number of benzene rings is 1. The van der Waals surface area contributed by atoms with Crippen molar-refractivity contribution in [1.29, 1.82) is 0 Å². The lowest BCUT2D eigenvalue weighted by Crippen LogP contribution is -2.14. The highest BCUT2D eigenvalue weighted by Crippen LogP contribution is 2.32. The normalized spacial score (nSPS) is 13.9. The second-order valence-electron chi connectivity index (χ2n) is 4.21. The Balaban J connectivity index is 2.02. The highest BCUT2D eigenvalue weighted by atomic mass is 79.9. The summed E-state index contributed by atoms with van der Waals surface area (Å²) in [5.41, 5.74) is 1.27. The third-order valence-corrected chi connectivity index (χ3v) is 5.10. The van der Waals surface area contributed by atoms with E-state index in [1.54, 1.807) is 6.07 Å². The number of amides is 1. The third kappa shape index (κ3) is 2.29. The first kappa shape index (κ1) is 13.1. The number of anilines is 2. The van der Waals surface area contributed by atoms with Crippen molar-refractivity contribution >= 4 is 43.5 Å². The number of H-pyrrole nitrogens is 1. The summed E-state index contributed by atoms with van der Waals surface area (Å²) in [4.78, 5) is 17.9. The molecule has 1 aliphatic heterocycles. The minimum atomic E-state index is -3.78. The van der Waals surface area contributed by atoms with Gasteiger partial charge >= 0.3 is 0 Å². The van der Waals surface area contributed by atoms with Crippen LogP contribution in [0.4, 0.5) is 11.6 Å². The molecule has 2 heterocycles. The monoisotopic (exact) mass is 356 g/mol. The second kappa shape index (κ2) is 4.60. The van der Waals surface area contributed by atoms with Crippen LogP contribution in [0.25, 0.3) is 0 Å². The molecule has 1 amide bonds. The average Bonchev–Trinajstić information content (AvgIpc) is 2.95. The highest BCUT2D eigenvalue weighted by molar-refractivity contribution is 9.10. The van der Waals surface area contributed by atoms with Crippen LogP contribution in [0.3, 0.4) is 0 Å². The van der Waals surface area contributed by atoms with Crippen molar-refractivity contribution in [3.05, 3.63) is 34.6 Å². The number of carbonyl (C=O) groups is 1. The summed E-state index contributed by atoms with van der Waals surface area (Å²) < 4.78 is 27.3. The zero-order valence-electron chi connectivity index (χ0n) is 9.97. The topological polar surface area (TPSA) is 104 Å². The van der Waals surface area contributed by atoms with E-state index >= 15 is 0 Å². The van der Waals surface area contributed by atoms with E-state index in [1.807, 2.05) is 0 Å². The van der Waals surface area contributed by atoms with Gasteiger partial charge < -0.3 is 10.3 Å². The van der Waals surface area contributed by atoms with E-state index in [2.05, 4.69) is 35.9 Å². The first-order valence-electron chi connectivity index (χ1n) is 5.60. The fourth-order valence-electron chi connectivity index (χ4n) is 1.93. The molecule has 3 N–H and O–H groups in total. The number of imidazole rings is 1. The van der Waals surface area contributed by atoms with Gasteiger partial charge in [-0.2, -0.15) is 0 Å². The molecule has 0 bridgehead atoms. The number of fused-ring (bicyclic) bond motifs is 1. The molecule has 0 saturated carbocycles. The summed E-state index contributed by atoms with van der Waals surface area (Å²) >= 11 is 3.21. The Morgan fingerprint density at radius 3 is 2.85 bits per heavy atom. The van der Waals surface area contributed by atoms with E-state index in [4.69, 9.17) is 0 Å². The summed E-state index contributed by atoms with van der Waals surface area (Å²) in [7, 11) is -3.78. The van der Waals surface area contributed by atoms with Crippen molar-refractivity contribution in [2.45, 2.75) is 11.3 Å². The fraction of sp³-hybridized carbons (Fsp3) is 0.0909. The molecule has 104 valence electrons. The minimum Gasteiger partial charge on any atom is -0.330 e. The molecular weight excluding hydrogens is 348 g/mol. The smallest absolute Gasteiger partial charge is 0.265 e. The Bertz CT molecular complexity index is 786. The van der Waals surface area contributed by atoms with Crippen LogP contribution >= 0.6 is 15.9 Å². The Kier molecular flexibility index (Phi) is 3.02. The van der Waals surface area contributed by atoms with Crippen LogP contribution in [0.5, 0.6) is 0 Å². The number of nitrogens with zero attached hydrogens (tertiary/aromatic N) is 1. The molecule has 0 atom stereocenters. The number of hydrogen-bond acceptors (Lipinski definition) is 4. The largest absolute Gasteiger partial charge is 0.330 e. The predicted octanol–water partition coefficient (Wildman–Crippen LogP) is 1.47. The van der Waals surface area contributed by atoms with Crippen LogP contribution in [0.15, 0.2) is 33.9 Å². The number of halogens is 1. The molecule has 1 aliphatic rings. The van der Waals surface area contributed by atoms with Crippen LogP contribution < -0.4 is 10.0 Å². The van der Waals surface area contributed by atoms with Crippen molar-refractivity contribution < 1.29 is 13.2 Å². The van der Waals surface area contributed by atoms with Crippen molar-refractivity contribution in [2.24, 2.45) is 0 Å². The number of carbonyl (C=O) groups excluding carboxylic acids is 1. The molecule has 1 aromatic heterocycles. The van der Waals surface area contributed by atoms with E-state index in [0.29, 0.717) is 15.7 Å². The first-order chi connectivity index (χ1) is 9.45. The molecule has 0 saturated heterocycles. The number of nitrogens with one attached hydrogen (secondary N) is 3. The number of aromatic nitrogens is 2. The lowest BCUT2D eigenvalue weighted by molar-refractivity contribution is -0.115. The van der Waals surface area contributed by atoms with E-state index in [9.17, 15) is 13.2 Å². The zero-order chi connectivity index (χ0) is 14.3. The Morgan fingerprint density at radius 2 is 2.15 bits per heavy atom. The average molecular weight is 357 g/mol. The number of rotatable bonds is 3. The zero-order valence-corrected chi connectivity index (χ0v) is 12.4. The van der Waals surface area contributed by atoms with Crippen LogP contribution in [-0.4, -0.2) is 24.3 Å². The Labute approximate surface area is 123 Å². The quantitative estimate of drug-likeness (QED) is 0.774. The van der Waals surface area contributed by atoms with Gasteiger partial charge in [-0.05, 0) is 33.6 Å². The van der Waals surface area contributed by atoms with Gasteiger partial charge in [-0.3, -0.25) is 4.79 Å². The standard InChI is InChI=1S/C11H9BrN4O3S/c12-7-5-8-6(4-10(17)15-8)3-9(7)20(18,19)16-11-13-1-2-14-11/h1-3,5H,4H2,(H,15,17)(H2,13,14,16). The van der Waals surface area contributed by atoms with E-state index in [-0.39, 0.29) is 23.2 Å². The maximum absolute atomic E-state index is 12.3. The van der Waals surface area contributed by atoms with Gasteiger partial charge in [-0.25, -0.2) is 18.1 Å². The summed E-state index contributed by atoms with van der Waals surface area (Å²) in [5, 5.41) is 2.66. The van der Waals surface area contributed by atoms with Gasteiger partial charge in [0.1, 0.15) is 4.90 Å². The number of sulfonamides is 1. The third-order valence-electron chi connectivity index (χ3n) is 2.80. The van der Waals surface area contributed by atoms with Crippen molar-refractivity contribution in [2.75, 3.05) is 10.0 Å². The molecule has 3 rings (SSSR count). The minimum absolute atomic E-state index is 0.0594. The molecule has 0 fully saturated rings. The van der Waals surface area contributed by atoms with Crippen LogP contribution in [0.1, 0.15) is 5.56 Å². The van der Waals surface area contributed by atoms with E-state index < -0.39 is 10.0 Å². The molecule has 2 aromatic rings. The van der Waals surface area contributed by atoms with E-state index in [1.165, 1.54) is 18.5 Å². The van der Waals surface area contributed by atoms with Gasteiger partial charge in [-0.15, -0.1) is 0 Å². The SMILES string of the molecule is O=C1Cc2cc(S(=O)(=O)Nc3ncc[nH]3)c(Br)cc2N1. The summed E-state index contributed by atoms with van der Waals surface area (Å²) in [6, 6.07) is 3.06. The highest BCUT2D eigenvalue weighted by Gasteiger charge is 2.25. The van der Waals surface area contributed by atoms with Gasteiger partial charge in [0.2, 0.25) is 11.9 Å². The Hall–Kier alpha value is -1.87. The maximum atomic E-state index is 12.3. The molecule has 0 spiro atoms. The molecule has 20 heavy (non-hydrogen) atoms. The summed E-state index contributed by atoms with van der Waals surface area (Å²) in [6.45, 7) is 0. The predicted molar refractivity (Wildman–Crippen MR) is 75.9 cm³/mol. The van der Waals surface area contributed by atoms with Crippen LogP contribution in [0.2, 0.25) is 0 Å². The molecule has 0 radical (unpaired) electrons. The molecule has 1 aromatic carbocycles. The van der Waals surface area contributed by atoms with Crippen LogP contribution in [0, 0.1) is 0 Å². The summed E-state index contributed by atoms with van der Waals surface area (Å²) in [6.07, 6.45) is 3.13. The number of aromatic amines is 1. The van der Waals surface area contributed by atoms with Crippen LogP contribution in [-0.2, 0) is 21.2 Å². The molecule has 9 heteroatoms. The lowest BCUT2D eigenvalue weighted by Gasteiger charge is -2.09. The number of hydrogen-bond donors (Lipinski definition) is 3. The molecule has 0 unspecified atom stereocenters. The van der Waals surface area contributed by atoms with Gasteiger partial charge in [0, 0.05) is 22.6 Å². The van der Waals surface area contributed by atoms with Gasteiger partial charge in [0.05, 0.1) is 6.42 Å². The fourth-order valence-corrected chi connectivity index (χ4v) is 4.01.